The van der Waals surface area contributed by atoms with Gasteiger partial charge in [0.1, 0.15) is 11.9 Å². The Kier molecular flexibility index (Phi) is 6.79. The molecule has 4 rings (SSSR count). The molecule has 0 saturated heterocycles. The van der Waals surface area contributed by atoms with Gasteiger partial charge in [0.05, 0.1) is 23.5 Å². The lowest BCUT2D eigenvalue weighted by atomic mass is 10.1. The molecule has 0 bridgehead atoms. The highest BCUT2D eigenvalue weighted by Crippen LogP contribution is 2.29. The van der Waals surface area contributed by atoms with E-state index in [4.69, 9.17) is 0 Å². The summed E-state index contributed by atoms with van der Waals surface area (Å²) in [5.74, 6) is 0.518. The Hall–Kier alpha value is -3.91. The lowest BCUT2D eigenvalue weighted by molar-refractivity contribution is 0.0944. The first-order chi connectivity index (χ1) is 16.3. The van der Waals surface area contributed by atoms with Gasteiger partial charge in [-0.2, -0.15) is 5.26 Å². The van der Waals surface area contributed by atoms with Gasteiger partial charge in [-0.3, -0.25) is 10.1 Å². The monoisotopic (exact) mass is 478 g/mol. The van der Waals surface area contributed by atoms with Crippen molar-refractivity contribution >= 4 is 39.9 Å². The number of amides is 3. The molecule has 0 saturated carbocycles. The number of rotatable bonds is 4. The summed E-state index contributed by atoms with van der Waals surface area (Å²) in [6.07, 6.45) is 2.05. The summed E-state index contributed by atoms with van der Waals surface area (Å²) in [7, 11) is 0. The lowest BCUT2D eigenvalue weighted by Crippen LogP contribution is -2.40. The van der Waals surface area contributed by atoms with E-state index in [-0.39, 0.29) is 11.9 Å². The van der Waals surface area contributed by atoms with E-state index in [0.717, 1.165) is 28.6 Å². The summed E-state index contributed by atoms with van der Waals surface area (Å²) in [6, 6.07) is 8.51. The van der Waals surface area contributed by atoms with Crippen molar-refractivity contribution < 1.29 is 9.59 Å². The first-order valence-corrected chi connectivity index (χ1v) is 11.8. The molecular weight excluding hydrogens is 452 g/mol. The van der Waals surface area contributed by atoms with Gasteiger partial charge >= 0.3 is 6.03 Å². The number of para-hydroxylation sites is 1. The number of anilines is 2. The topological polar surface area (TPSA) is 135 Å². The second kappa shape index (κ2) is 9.93. The molecule has 2 aliphatic heterocycles. The number of urea groups is 1. The minimum absolute atomic E-state index is 0.0170. The quantitative estimate of drug-likeness (QED) is 0.534. The molecule has 3 heterocycles. The van der Waals surface area contributed by atoms with Crippen LogP contribution in [-0.2, 0) is 13.0 Å². The van der Waals surface area contributed by atoms with Crippen LogP contribution in [0.15, 0.2) is 41.0 Å². The van der Waals surface area contributed by atoms with Crippen molar-refractivity contribution in [2.24, 2.45) is 4.99 Å². The molecule has 1 aromatic carbocycles. The number of thiazole rings is 1. The van der Waals surface area contributed by atoms with Crippen LogP contribution in [0.2, 0.25) is 0 Å². The Morgan fingerprint density at radius 2 is 2.09 bits per heavy atom. The largest absolute Gasteiger partial charge is 0.356 e. The van der Waals surface area contributed by atoms with E-state index < -0.39 is 12.2 Å². The van der Waals surface area contributed by atoms with E-state index in [0.29, 0.717) is 29.3 Å². The Balaban J connectivity index is 1.42. The highest BCUT2D eigenvalue weighted by Gasteiger charge is 2.25. The maximum atomic E-state index is 12.6. The van der Waals surface area contributed by atoms with Crippen LogP contribution in [-0.4, -0.2) is 46.4 Å². The number of fused-ring (bicyclic) bond motifs is 1. The van der Waals surface area contributed by atoms with Crippen molar-refractivity contribution in [3.8, 4) is 6.07 Å². The van der Waals surface area contributed by atoms with E-state index in [1.54, 1.807) is 24.3 Å². The maximum absolute atomic E-state index is 12.6. The molecule has 2 aromatic rings. The van der Waals surface area contributed by atoms with Gasteiger partial charge in [0, 0.05) is 29.6 Å². The molecule has 0 spiro atoms. The summed E-state index contributed by atoms with van der Waals surface area (Å²) >= 11 is 1.41. The molecule has 34 heavy (non-hydrogen) atoms. The minimum atomic E-state index is -0.589. The average molecular weight is 479 g/mol. The van der Waals surface area contributed by atoms with Crippen LogP contribution >= 0.6 is 11.3 Å². The molecule has 3 amide bonds. The van der Waals surface area contributed by atoms with Crippen molar-refractivity contribution in [1.29, 1.82) is 5.26 Å². The maximum Gasteiger partial charge on any atom is 0.325 e. The van der Waals surface area contributed by atoms with Gasteiger partial charge in [-0.1, -0.05) is 23.5 Å². The van der Waals surface area contributed by atoms with Crippen LogP contribution in [0.3, 0.4) is 0 Å². The second-order valence-electron chi connectivity index (χ2n) is 8.30. The number of aliphatic imine (C=N–C) groups is 1. The number of carbonyl (C=O) groups is 2. The Morgan fingerprint density at radius 1 is 1.29 bits per heavy atom. The SMILES string of the molecule is CC1=CC(N2CCc3nc(NC(=O)Nc4ccccc4C(=O)NC(C)C)sc3C2)=NC(C#N)N1. The van der Waals surface area contributed by atoms with Gasteiger partial charge < -0.3 is 20.9 Å². The van der Waals surface area contributed by atoms with Crippen LogP contribution in [0.25, 0.3) is 0 Å². The van der Waals surface area contributed by atoms with Crippen LogP contribution in [0.1, 0.15) is 41.7 Å². The van der Waals surface area contributed by atoms with Gasteiger partial charge in [-0.15, -0.1) is 0 Å². The number of benzene rings is 1. The number of hydrogen-bond donors (Lipinski definition) is 4. The van der Waals surface area contributed by atoms with E-state index in [9.17, 15) is 14.9 Å². The third kappa shape index (κ3) is 5.35. The van der Waals surface area contributed by atoms with Gasteiger partial charge in [0.25, 0.3) is 5.91 Å². The summed E-state index contributed by atoms with van der Waals surface area (Å²) in [5.41, 5.74) is 2.65. The number of aromatic nitrogens is 1. The first-order valence-electron chi connectivity index (χ1n) is 11.0. The second-order valence-corrected chi connectivity index (χ2v) is 9.39. The molecule has 0 aliphatic carbocycles. The van der Waals surface area contributed by atoms with E-state index in [2.05, 4.69) is 42.2 Å². The highest BCUT2D eigenvalue weighted by atomic mass is 32.1. The predicted molar refractivity (Wildman–Crippen MR) is 132 cm³/mol. The molecule has 1 unspecified atom stereocenters. The number of hydrogen-bond acceptors (Lipinski definition) is 8. The van der Waals surface area contributed by atoms with Gasteiger partial charge in [0.2, 0.25) is 6.17 Å². The van der Waals surface area contributed by atoms with Gasteiger partial charge in [0.15, 0.2) is 5.13 Å². The summed E-state index contributed by atoms with van der Waals surface area (Å²) < 4.78 is 0. The zero-order valence-corrected chi connectivity index (χ0v) is 20.0. The van der Waals surface area contributed by atoms with Crippen molar-refractivity contribution in [3.05, 3.63) is 52.2 Å². The molecule has 176 valence electrons. The Morgan fingerprint density at radius 3 is 2.85 bits per heavy atom. The fraction of sp³-hybridized carbons (Fsp3) is 0.348. The van der Waals surface area contributed by atoms with Crippen molar-refractivity contribution in [3.63, 3.8) is 0 Å². The summed E-state index contributed by atoms with van der Waals surface area (Å²) in [5, 5.41) is 21.1. The molecule has 0 fully saturated rings. The molecule has 2 aliphatic rings. The lowest BCUT2D eigenvalue weighted by Gasteiger charge is -2.30. The molecule has 10 nitrogen and oxygen atoms in total. The fourth-order valence-corrected chi connectivity index (χ4v) is 4.73. The Bertz CT molecular complexity index is 1210. The van der Waals surface area contributed by atoms with Crippen molar-refractivity contribution in [1.82, 2.24) is 20.5 Å². The third-order valence-corrected chi connectivity index (χ3v) is 6.21. The number of nitrogens with zero attached hydrogens (tertiary/aromatic N) is 4. The van der Waals surface area contributed by atoms with Crippen LogP contribution in [0.4, 0.5) is 15.6 Å². The predicted octanol–water partition coefficient (Wildman–Crippen LogP) is 3.04. The van der Waals surface area contributed by atoms with E-state index in [1.165, 1.54) is 11.3 Å². The molecule has 0 radical (unpaired) electrons. The number of nitriles is 1. The fourth-order valence-electron chi connectivity index (χ4n) is 3.71. The first kappa shape index (κ1) is 23.3. The normalized spacial score (nSPS) is 17.0. The van der Waals surface area contributed by atoms with Gasteiger partial charge in [-0.05, 0) is 39.0 Å². The third-order valence-electron chi connectivity index (χ3n) is 5.21. The number of nitrogens with one attached hydrogen (secondary N) is 4. The van der Waals surface area contributed by atoms with E-state index in [1.807, 2.05) is 26.8 Å². The Labute approximate surface area is 201 Å². The van der Waals surface area contributed by atoms with Crippen LogP contribution < -0.4 is 21.3 Å². The average Bonchev–Trinajstić information content (AvgIpc) is 3.19. The highest BCUT2D eigenvalue weighted by molar-refractivity contribution is 7.15. The number of amidine groups is 1. The van der Waals surface area contributed by atoms with Crippen LogP contribution in [0, 0.1) is 11.3 Å². The zero-order valence-electron chi connectivity index (χ0n) is 19.2. The minimum Gasteiger partial charge on any atom is -0.356 e. The molecular formula is C23H26N8O2S. The zero-order chi connectivity index (χ0) is 24.2. The van der Waals surface area contributed by atoms with Gasteiger partial charge in [-0.25, -0.2) is 14.8 Å². The van der Waals surface area contributed by atoms with Crippen molar-refractivity contribution in [2.75, 3.05) is 17.2 Å². The van der Waals surface area contributed by atoms with Crippen LogP contribution in [0.5, 0.6) is 0 Å². The van der Waals surface area contributed by atoms with E-state index >= 15 is 0 Å². The standard InChI is InChI=1S/C23H26N8O2S/c1-13(2)25-21(32)15-6-4-5-7-16(15)27-22(33)30-23-28-17-8-9-31(12-18(17)34-23)20-10-14(3)26-19(11-24)29-20/h4-7,10,13,19,26H,8-9,12H2,1-3H3,(H,25,32)(H2,27,28,30,33). The van der Waals surface area contributed by atoms with Crippen molar-refractivity contribution in [2.45, 2.75) is 45.9 Å². The number of allylic oxidation sites excluding steroid dienone is 1. The molecule has 1 atom stereocenters. The summed E-state index contributed by atoms with van der Waals surface area (Å²) in [6.45, 7) is 7.00. The number of carbonyl (C=O) groups excluding carboxylic acids is 2. The summed E-state index contributed by atoms with van der Waals surface area (Å²) in [4.78, 5) is 37.3. The molecule has 4 N–H and O–H groups in total. The molecule has 11 heteroatoms. The smallest absolute Gasteiger partial charge is 0.325 e. The molecule has 1 aromatic heterocycles.